The number of carbonyl (C=O) groups excluding carboxylic acids is 6. The van der Waals surface area contributed by atoms with Crippen LogP contribution in [0.15, 0.2) is 56.9 Å². The summed E-state index contributed by atoms with van der Waals surface area (Å²) in [5.41, 5.74) is -1.75. The molecule has 4 N–H and O–H groups in total. The Kier molecular flexibility index (Phi) is 11.6. The summed E-state index contributed by atoms with van der Waals surface area (Å²) in [5, 5.41) is 22.7. The minimum atomic E-state index is -1.62. The fourth-order valence-corrected chi connectivity index (χ4v) is 7.00. The van der Waals surface area contributed by atoms with Crippen molar-refractivity contribution in [2.24, 2.45) is 0 Å². The molecule has 1 aromatic heterocycles. The largest absolute Gasteiger partial charge is 0.482 e. The number of carbonyl (C=O) groups is 8. The van der Waals surface area contributed by atoms with Crippen LogP contribution >= 0.6 is 11.8 Å². The molecule has 2 aliphatic rings. The van der Waals surface area contributed by atoms with Crippen LogP contribution in [-0.2, 0) is 38.3 Å². The summed E-state index contributed by atoms with van der Waals surface area (Å²) >= 11 is 1.10. The van der Waals surface area contributed by atoms with Crippen LogP contribution in [0.2, 0.25) is 0 Å². The van der Waals surface area contributed by atoms with Gasteiger partial charge in [0.15, 0.2) is 18.1 Å². The number of thioether (sulfide) groups is 1. The molecule has 3 aromatic rings. The standard InChI is InChI=1S/C35H31N3O16S/c1-14-26(30(44)21-9-23(53-16(3)40)24(54-17(4)41)10-22(21)52-14)31(45)36-27(18-5-7-20(8-6-18)51-12-25(42)43)32(46)37-28-33(47)38-29(35(48)49)19(11-50-15(2)39)13-55-34(28)38/h5-10,27-28,34H,11-13H2,1-4H3,(H,36,45)(H,37,46)(H,42,43)(H,48,49)/t27?,28-,34-/m1/s1. The lowest BCUT2D eigenvalue weighted by Gasteiger charge is -2.49. The number of carboxylic acid groups (broad SMARTS) is 2. The van der Waals surface area contributed by atoms with Crippen molar-refractivity contribution in [3.05, 3.63) is 74.8 Å². The summed E-state index contributed by atoms with van der Waals surface area (Å²) in [7, 11) is 0. The Balaban J connectivity index is 1.47. The number of aliphatic carboxylic acids is 2. The monoisotopic (exact) mass is 781 g/mol. The van der Waals surface area contributed by atoms with Crippen LogP contribution in [-0.4, -0.2) is 93.1 Å². The first-order valence-corrected chi connectivity index (χ1v) is 17.1. The number of hydrogen-bond acceptors (Lipinski definition) is 15. The highest BCUT2D eigenvalue weighted by Crippen LogP contribution is 2.41. The van der Waals surface area contributed by atoms with E-state index in [-0.39, 0.29) is 57.5 Å². The molecule has 2 aromatic carbocycles. The Hall–Kier alpha value is -6.70. The lowest BCUT2D eigenvalue weighted by Crippen LogP contribution is -2.71. The van der Waals surface area contributed by atoms with Crippen LogP contribution in [0.25, 0.3) is 11.0 Å². The van der Waals surface area contributed by atoms with E-state index in [2.05, 4.69) is 10.6 Å². The number of ether oxygens (including phenoxy) is 4. The number of nitrogens with one attached hydrogen (secondary N) is 2. The summed E-state index contributed by atoms with van der Waals surface area (Å²) in [5.74, 6) is -8.44. The Morgan fingerprint density at radius 2 is 1.58 bits per heavy atom. The molecule has 0 aliphatic carbocycles. The lowest BCUT2D eigenvalue weighted by molar-refractivity contribution is -0.151. The van der Waals surface area contributed by atoms with Crippen LogP contribution in [0.1, 0.15) is 48.5 Å². The highest BCUT2D eigenvalue weighted by atomic mass is 32.2. The average molecular weight is 782 g/mol. The Bertz CT molecular complexity index is 2250. The normalized spacial score (nSPS) is 16.6. The summed E-state index contributed by atoms with van der Waals surface area (Å²) in [6, 6.07) is 4.58. The Labute approximate surface area is 313 Å². The van der Waals surface area contributed by atoms with Crippen molar-refractivity contribution in [3.8, 4) is 17.2 Å². The summed E-state index contributed by atoms with van der Waals surface area (Å²) in [6.07, 6.45) is 0. The van der Waals surface area contributed by atoms with Gasteiger partial charge in [-0.05, 0) is 30.7 Å². The summed E-state index contributed by atoms with van der Waals surface area (Å²) in [6.45, 7) is 3.56. The number of esters is 3. The molecule has 1 unspecified atom stereocenters. The molecule has 288 valence electrons. The minimum Gasteiger partial charge on any atom is -0.482 e. The van der Waals surface area contributed by atoms with Crippen molar-refractivity contribution in [3.63, 3.8) is 0 Å². The SMILES string of the molecule is CC(=O)OCC1=C(C(=O)O)N2C(=O)[C@@H](NC(=O)C(NC(=O)c3c(C)oc4cc(OC(C)=O)c(OC(C)=O)cc4c3=O)c3ccc(OCC(=O)O)cc3)[C@H]2SC1. The number of aryl methyl sites for hydroxylation is 1. The summed E-state index contributed by atoms with van der Waals surface area (Å²) < 4.78 is 26.0. The number of β-lactam (4-membered cyclic amide) rings is 1. The molecule has 19 nitrogen and oxygen atoms in total. The third kappa shape index (κ3) is 8.59. The zero-order valence-corrected chi connectivity index (χ0v) is 30.1. The van der Waals surface area contributed by atoms with E-state index < -0.39 is 88.3 Å². The van der Waals surface area contributed by atoms with E-state index in [0.29, 0.717) is 0 Å². The fraction of sp³-hybridized carbons (Fsp3) is 0.286. The highest BCUT2D eigenvalue weighted by Gasteiger charge is 2.54. The number of nitrogens with zero attached hydrogens (tertiary/aromatic N) is 1. The van der Waals surface area contributed by atoms with E-state index in [1.165, 1.54) is 31.2 Å². The predicted molar refractivity (Wildman–Crippen MR) is 186 cm³/mol. The van der Waals surface area contributed by atoms with E-state index in [1.54, 1.807) is 0 Å². The van der Waals surface area contributed by atoms with Gasteiger partial charge >= 0.3 is 29.8 Å². The second-order valence-corrected chi connectivity index (χ2v) is 13.0. The van der Waals surface area contributed by atoms with Gasteiger partial charge in [-0.2, -0.15) is 0 Å². The van der Waals surface area contributed by atoms with Crippen LogP contribution < -0.4 is 30.3 Å². The highest BCUT2D eigenvalue weighted by molar-refractivity contribution is 8.00. The van der Waals surface area contributed by atoms with Crippen molar-refractivity contribution in [1.82, 2.24) is 15.5 Å². The molecule has 20 heteroatoms. The first-order valence-electron chi connectivity index (χ1n) is 16.0. The Morgan fingerprint density at radius 3 is 2.16 bits per heavy atom. The topological polar surface area (TPSA) is 271 Å². The van der Waals surface area contributed by atoms with Crippen LogP contribution in [0.5, 0.6) is 17.2 Å². The van der Waals surface area contributed by atoms with Gasteiger partial charge in [-0.3, -0.25) is 38.5 Å². The minimum absolute atomic E-state index is 0.0479. The van der Waals surface area contributed by atoms with Crippen molar-refractivity contribution in [1.29, 1.82) is 0 Å². The van der Waals surface area contributed by atoms with Gasteiger partial charge in [-0.1, -0.05) is 12.1 Å². The van der Waals surface area contributed by atoms with Crippen LogP contribution in [0.4, 0.5) is 0 Å². The van der Waals surface area contributed by atoms with Crippen molar-refractivity contribution >= 4 is 70.3 Å². The molecule has 0 spiro atoms. The van der Waals surface area contributed by atoms with Gasteiger partial charge in [-0.15, -0.1) is 11.8 Å². The van der Waals surface area contributed by atoms with Gasteiger partial charge in [0.25, 0.3) is 11.8 Å². The van der Waals surface area contributed by atoms with Gasteiger partial charge in [0.05, 0.1) is 5.39 Å². The zero-order valence-electron chi connectivity index (χ0n) is 29.3. The van der Waals surface area contributed by atoms with Crippen LogP contribution in [0, 0.1) is 6.92 Å². The smallest absolute Gasteiger partial charge is 0.352 e. The molecule has 1 saturated heterocycles. The first kappa shape index (κ1) is 39.5. The summed E-state index contributed by atoms with van der Waals surface area (Å²) in [4.78, 5) is 114. The number of rotatable bonds is 13. The maximum Gasteiger partial charge on any atom is 0.352 e. The van der Waals surface area contributed by atoms with Gasteiger partial charge in [0.1, 0.15) is 52.4 Å². The van der Waals surface area contributed by atoms with Gasteiger partial charge in [-0.25, -0.2) is 9.59 Å². The van der Waals surface area contributed by atoms with Crippen LogP contribution in [0.3, 0.4) is 0 Å². The third-order valence-electron chi connectivity index (χ3n) is 7.98. The molecule has 3 atom stereocenters. The van der Waals surface area contributed by atoms with E-state index in [0.717, 1.165) is 49.6 Å². The average Bonchev–Trinajstić information content (AvgIpc) is 3.10. The lowest BCUT2D eigenvalue weighted by atomic mass is 10.0. The molecule has 2 aliphatic heterocycles. The first-order chi connectivity index (χ1) is 26.0. The number of hydrogen-bond donors (Lipinski definition) is 4. The molecule has 3 heterocycles. The molecule has 5 rings (SSSR count). The molecule has 55 heavy (non-hydrogen) atoms. The van der Waals surface area contributed by atoms with E-state index >= 15 is 0 Å². The van der Waals surface area contributed by atoms with Crippen molar-refractivity contribution < 1.29 is 71.9 Å². The van der Waals surface area contributed by atoms with E-state index in [9.17, 15) is 48.3 Å². The van der Waals surface area contributed by atoms with E-state index in [4.69, 9.17) is 28.5 Å². The van der Waals surface area contributed by atoms with Crippen molar-refractivity contribution in [2.45, 2.75) is 45.2 Å². The number of fused-ring (bicyclic) bond motifs is 2. The molecule has 0 radical (unpaired) electrons. The number of benzene rings is 2. The third-order valence-corrected chi connectivity index (χ3v) is 9.32. The quantitative estimate of drug-likeness (QED) is 0.108. The van der Waals surface area contributed by atoms with E-state index in [1.807, 2.05) is 0 Å². The van der Waals surface area contributed by atoms with Gasteiger partial charge < -0.3 is 44.2 Å². The molecule has 3 amide bonds. The molecular weight excluding hydrogens is 750 g/mol. The van der Waals surface area contributed by atoms with Crippen molar-refractivity contribution in [2.75, 3.05) is 19.0 Å². The number of carboxylic acids is 2. The molecule has 1 fully saturated rings. The molecular formula is C35H31N3O16S. The van der Waals surface area contributed by atoms with Gasteiger partial charge in [0.2, 0.25) is 11.3 Å². The Morgan fingerprint density at radius 1 is 0.945 bits per heavy atom. The second-order valence-electron chi connectivity index (χ2n) is 11.9. The second kappa shape index (κ2) is 16.1. The zero-order chi connectivity index (χ0) is 40.3. The number of amides is 3. The predicted octanol–water partition coefficient (Wildman–Crippen LogP) is 1.19. The van der Waals surface area contributed by atoms with Gasteiger partial charge in [0, 0.05) is 38.2 Å². The maximum absolute atomic E-state index is 14.0. The fourth-order valence-electron chi connectivity index (χ4n) is 5.67. The molecule has 0 saturated carbocycles. The molecule has 0 bridgehead atoms. The maximum atomic E-state index is 14.0.